The maximum absolute atomic E-state index is 13.5. The molecule has 0 aromatic heterocycles. The van der Waals surface area contributed by atoms with Gasteiger partial charge < -0.3 is 15.8 Å². The Morgan fingerprint density at radius 3 is 2.50 bits per heavy atom. The lowest BCUT2D eigenvalue weighted by molar-refractivity contribution is -0.117. The molecule has 1 rings (SSSR count). The Morgan fingerprint density at radius 2 is 2.00 bits per heavy atom. The van der Waals surface area contributed by atoms with Crippen LogP contribution < -0.4 is 15.8 Å². The molecule has 0 saturated heterocycles. The number of amides is 1. The van der Waals surface area contributed by atoms with E-state index in [2.05, 4.69) is 10.1 Å². The summed E-state index contributed by atoms with van der Waals surface area (Å²) >= 11 is 0. The van der Waals surface area contributed by atoms with Gasteiger partial charge in [0.2, 0.25) is 5.91 Å². The Balaban J connectivity index is 2.86. The van der Waals surface area contributed by atoms with Crippen molar-refractivity contribution in [2.75, 3.05) is 12.4 Å². The molecule has 0 fully saturated rings. The van der Waals surface area contributed by atoms with E-state index in [9.17, 15) is 13.6 Å². The highest BCUT2D eigenvalue weighted by Gasteiger charge is 2.18. The third-order valence-electron chi connectivity index (χ3n) is 2.13. The van der Waals surface area contributed by atoms with E-state index in [1.165, 1.54) is 7.11 Å². The summed E-state index contributed by atoms with van der Waals surface area (Å²) in [5.41, 5.74) is 4.70. The molecule has 100 valence electrons. The summed E-state index contributed by atoms with van der Waals surface area (Å²) in [6.45, 7) is 3.33. The Morgan fingerprint density at radius 1 is 1.39 bits per heavy atom. The quantitative estimate of drug-likeness (QED) is 0.868. The third kappa shape index (κ3) is 3.96. The first-order valence-electron chi connectivity index (χ1n) is 5.34. The molecule has 0 heterocycles. The van der Waals surface area contributed by atoms with Crippen LogP contribution in [0.3, 0.4) is 0 Å². The predicted molar refractivity (Wildman–Crippen MR) is 64.4 cm³/mol. The SMILES string of the molecule is COc1cc(F)c(NC(=O)CC(C)(C)N)cc1F. The minimum Gasteiger partial charge on any atom is -0.494 e. The molecule has 3 N–H and O–H groups in total. The number of methoxy groups -OCH3 is 1. The van der Waals surface area contributed by atoms with Crippen LogP contribution in [-0.4, -0.2) is 18.6 Å². The van der Waals surface area contributed by atoms with Crippen LogP contribution in [0.2, 0.25) is 0 Å². The molecule has 0 unspecified atom stereocenters. The largest absolute Gasteiger partial charge is 0.494 e. The van der Waals surface area contributed by atoms with Gasteiger partial charge in [-0.1, -0.05) is 0 Å². The number of carbonyl (C=O) groups excluding carboxylic acids is 1. The van der Waals surface area contributed by atoms with Gasteiger partial charge in [0.25, 0.3) is 0 Å². The number of benzene rings is 1. The van der Waals surface area contributed by atoms with E-state index in [1.807, 2.05) is 0 Å². The zero-order chi connectivity index (χ0) is 13.9. The highest BCUT2D eigenvalue weighted by atomic mass is 19.1. The molecule has 18 heavy (non-hydrogen) atoms. The van der Waals surface area contributed by atoms with Gasteiger partial charge in [0.1, 0.15) is 0 Å². The molecule has 0 aliphatic heterocycles. The van der Waals surface area contributed by atoms with E-state index in [-0.39, 0.29) is 17.9 Å². The Labute approximate surface area is 104 Å². The average molecular weight is 258 g/mol. The fourth-order valence-corrected chi connectivity index (χ4v) is 1.39. The number of rotatable bonds is 4. The van der Waals surface area contributed by atoms with Crippen molar-refractivity contribution in [1.29, 1.82) is 0 Å². The number of ether oxygens (including phenoxy) is 1. The summed E-state index contributed by atoms with van der Waals surface area (Å²) < 4.78 is 31.5. The molecule has 0 radical (unpaired) electrons. The molecule has 4 nitrogen and oxygen atoms in total. The maximum atomic E-state index is 13.5. The number of hydrogen-bond acceptors (Lipinski definition) is 3. The lowest BCUT2D eigenvalue weighted by atomic mass is 10.0. The summed E-state index contributed by atoms with van der Waals surface area (Å²) in [4.78, 5) is 11.5. The molecule has 0 aliphatic carbocycles. The van der Waals surface area contributed by atoms with Gasteiger partial charge >= 0.3 is 0 Å². The first-order chi connectivity index (χ1) is 8.23. The van der Waals surface area contributed by atoms with Crippen molar-refractivity contribution in [3.8, 4) is 5.75 Å². The molecule has 0 spiro atoms. The van der Waals surface area contributed by atoms with Crippen LogP contribution in [0.1, 0.15) is 20.3 Å². The Bertz CT molecular complexity index is 456. The van der Waals surface area contributed by atoms with Crippen molar-refractivity contribution in [2.45, 2.75) is 25.8 Å². The smallest absolute Gasteiger partial charge is 0.226 e. The van der Waals surface area contributed by atoms with Crippen LogP contribution in [0.5, 0.6) is 5.75 Å². The van der Waals surface area contributed by atoms with Crippen LogP contribution in [0, 0.1) is 11.6 Å². The van der Waals surface area contributed by atoms with Crippen molar-refractivity contribution in [3.05, 3.63) is 23.8 Å². The lowest BCUT2D eigenvalue weighted by Crippen LogP contribution is -2.36. The minimum atomic E-state index is -0.767. The first-order valence-corrected chi connectivity index (χ1v) is 5.34. The second-order valence-electron chi connectivity index (χ2n) is 4.68. The van der Waals surface area contributed by atoms with Gasteiger partial charge in [0.15, 0.2) is 17.4 Å². The molecule has 0 bridgehead atoms. The van der Waals surface area contributed by atoms with Crippen LogP contribution in [-0.2, 0) is 4.79 Å². The van der Waals surface area contributed by atoms with E-state index >= 15 is 0 Å². The topological polar surface area (TPSA) is 64.3 Å². The van der Waals surface area contributed by atoms with E-state index in [4.69, 9.17) is 5.73 Å². The van der Waals surface area contributed by atoms with E-state index in [1.54, 1.807) is 13.8 Å². The van der Waals surface area contributed by atoms with Gasteiger partial charge in [0, 0.05) is 24.1 Å². The van der Waals surface area contributed by atoms with Crippen LogP contribution in [0.15, 0.2) is 12.1 Å². The van der Waals surface area contributed by atoms with Gasteiger partial charge in [-0.25, -0.2) is 8.78 Å². The molecule has 0 aliphatic rings. The van der Waals surface area contributed by atoms with Gasteiger partial charge in [-0.2, -0.15) is 0 Å². The summed E-state index contributed by atoms with van der Waals surface area (Å²) in [5.74, 6) is -2.21. The minimum absolute atomic E-state index is 0.0000876. The van der Waals surface area contributed by atoms with Crippen molar-refractivity contribution >= 4 is 11.6 Å². The molecular formula is C12H16F2N2O2. The normalized spacial score (nSPS) is 11.2. The monoisotopic (exact) mass is 258 g/mol. The summed E-state index contributed by atoms with van der Waals surface area (Å²) in [6, 6.07) is 1.74. The number of carbonyl (C=O) groups is 1. The Hall–Kier alpha value is -1.69. The lowest BCUT2D eigenvalue weighted by Gasteiger charge is -2.17. The summed E-state index contributed by atoms with van der Waals surface area (Å²) in [7, 11) is 1.23. The van der Waals surface area contributed by atoms with E-state index in [0.717, 1.165) is 12.1 Å². The zero-order valence-electron chi connectivity index (χ0n) is 10.5. The highest BCUT2D eigenvalue weighted by Crippen LogP contribution is 2.24. The van der Waals surface area contributed by atoms with E-state index < -0.39 is 23.1 Å². The van der Waals surface area contributed by atoms with Gasteiger partial charge in [-0.15, -0.1) is 0 Å². The predicted octanol–water partition coefficient (Wildman–Crippen LogP) is 2.04. The maximum Gasteiger partial charge on any atom is 0.226 e. The van der Waals surface area contributed by atoms with E-state index in [0.29, 0.717) is 0 Å². The van der Waals surface area contributed by atoms with Gasteiger partial charge in [-0.05, 0) is 13.8 Å². The van der Waals surface area contributed by atoms with Crippen LogP contribution in [0.4, 0.5) is 14.5 Å². The average Bonchev–Trinajstić information content (AvgIpc) is 2.20. The molecule has 0 saturated carbocycles. The second-order valence-corrected chi connectivity index (χ2v) is 4.68. The van der Waals surface area contributed by atoms with Crippen LogP contribution >= 0.6 is 0 Å². The summed E-state index contributed by atoms with van der Waals surface area (Å²) in [6.07, 6.45) is 0.0000876. The number of anilines is 1. The van der Waals surface area contributed by atoms with Crippen molar-refractivity contribution in [1.82, 2.24) is 0 Å². The fourth-order valence-electron chi connectivity index (χ4n) is 1.39. The van der Waals surface area contributed by atoms with Gasteiger partial charge in [-0.3, -0.25) is 4.79 Å². The molecule has 1 aromatic carbocycles. The van der Waals surface area contributed by atoms with Crippen molar-refractivity contribution in [3.63, 3.8) is 0 Å². The van der Waals surface area contributed by atoms with Crippen molar-refractivity contribution in [2.24, 2.45) is 5.73 Å². The molecule has 0 atom stereocenters. The highest BCUT2D eigenvalue weighted by molar-refractivity contribution is 5.91. The number of hydrogen-bond donors (Lipinski definition) is 2. The number of nitrogens with one attached hydrogen (secondary N) is 1. The standard InChI is InChI=1S/C12H16F2N2O2/c1-12(2,15)6-11(17)16-9-4-8(14)10(18-3)5-7(9)13/h4-5H,6,15H2,1-3H3,(H,16,17). The fraction of sp³-hybridized carbons (Fsp3) is 0.417. The zero-order valence-corrected chi connectivity index (χ0v) is 10.5. The van der Waals surface area contributed by atoms with Crippen molar-refractivity contribution < 1.29 is 18.3 Å². The number of halogens is 2. The Kier molecular flexibility index (Phi) is 4.24. The first kappa shape index (κ1) is 14.4. The molecule has 1 amide bonds. The molecular weight excluding hydrogens is 242 g/mol. The summed E-state index contributed by atoms with van der Waals surface area (Å²) in [5, 5.41) is 2.27. The third-order valence-corrected chi connectivity index (χ3v) is 2.13. The second kappa shape index (κ2) is 5.30. The number of nitrogens with two attached hydrogens (primary N) is 1. The molecule has 6 heteroatoms. The van der Waals surface area contributed by atoms with Gasteiger partial charge in [0.05, 0.1) is 12.8 Å². The van der Waals surface area contributed by atoms with Crippen LogP contribution in [0.25, 0.3) is 0 Å². The molecule has 1 aromatic rings.